The lowest BCUT2D eigenvalue weighted by Gasteiger charge is -2.46. The highest BCUT2D eigenvalue weighted by molar-refractivity contribution is 5.93. The second-order valence-corrected chi connectivity index (χ2v) is 5.44. The van der Waals surface area contributed by atoms with Crippen LogP contribution in [0.5, 0.6) is 0 Å². The highest BCUT2D eigenvalue weighted by Crippen LogP contribution is 2.25. The molecule has 16 heavy (non-hydrogen) atoms. The summed E-state index contributed by atoms with van der Waals surface area (Å²) >= 11 is 0. The van der Waals surface area contributed by atoms with Gasteiger partial charge in [-0.25, -0.2) is 4.79 Å². The van der Waals surface area contributed by atoms with Gasteiger partial charge in [-0.1, -0.05) is 0 Å². The predicted octanol–water partition coefficient (Wildman–Crippen LogP) is 0.890. The van der Waals surface area contributed by atoms with Gasteiger partial charge in [0, 0.05) is 0 Å². The van der Waals surface area contributed by atoms with Gasteiger partial charge in [-0.05, 0) is 34.6 Å². The summed E-state index contributed by atoms with van der Waals surface area (Å²) in [6.07, 6.45) is -0.916. The highest BCUT2D eigenvalue weighted by atomic mass is 16.6. The van der Waals surface area contributed by atoms with Crippen LogP contribution in [0, 0.1) is 0 Å². The van der Waals surface area contributed by atoms with Crippen molar-refractivity contribution in [2.24, 2.45) is 0 Å². The van der Waals surface area contributed by atoms with Gasteiger partial charge in [-0.3, -0.25) is 10.0 Å². The van der Waals surface area contributed by atoms with Crippen molar-refractivity contribution in [2.75, 3.05) is 0 Å². The van der Waals surface area contributed by atoms with E-state index >= 15 is 0 Å². The van der Waals surface area contributed by atoms with Crippen LogP contribution in [0.25, 0.3) is 0 Å². The van der Waals surface area contributed by atoms with Gasteiger partial charge in [-0.2, -0.15) is 5.06 Å². The van der Waals surface area contributed by atoms with Gasteiger partial charge < -0.3 is 10.1 Å². The molecule has 0 spiro atoms. The standard InChI is InChI=1S/C10H18N2O4/c1-9(2,3)16-8(14)12(15)6-7(13)11-10(6,4)5/h6,15H,1-5H3,(H,11,13)/t6-/m1/s1. The maximum absolute atomic E-state index is 11.5. The Balaban J connectivity index is 2.68. The average Bonchev–Trinajstić information content (AvgIpc) is 1.98. The van der Waals surface area contributed by atoms with Gasteiger partial charge in [0.2, 0.25) is 5.91 Å². The van der Waals surface area contributed by atoms with Crippen molar-refractivity contribution in [3.8, 4) is 0 Å². The molecule has 0 aromatic rings. The number of nitrogens with zero attached hydrogens (tertiary/aromatic N) is 1. The van der Waals surface area contributed by atoms with Crippen LogP contribution in [0.3, 0.4) is 0 Å². The Morgan fingerprint density at radius 3 is 2.31 bits per heavy atom. The van der Waals surface area contributed by atoms with Crippen LogP contribution < -0.4 is 5.32 Å². The number of β-lactam (4-membered cyclic amide) rings is 1. The van der Waals surface area contributed by atoms with Crippen molar-refractivity contribution in [1.29, 1.82) is 0 Å². The molecule has 0 unspecified atom stereocenters. The molecule has 6 heteroatoms. The fraction of sp³-hybridized carbons (Fsp3) is 0.800. The van der Waals surface area contributed by atoms with Crippen LogP contribution >= 0.6 is 0 Å². The maximum Gasteiger partial charge on any atom is 0.435 e. The van der Waals surface area contributed by atoms with Crippen LogP contribution in [-0.4, -0.2) is 39.5 Å². The zero-order valence-corrected chi connectivity index (χ0v) is 10.2. The molecule has 0 bridgehead atoms. The van der Waals surface area contributed by atoms with Crippen molar-refractivity contribution in [1.82, 2.24) is 10.4 Å². The number of nitrogens with one attached hydrogen (secondary N) is 1. The summed E-state index contributed by atoms with van der Waals surface area (Å²) < 4.78 is 4.96. The largest absolute Gasteiger partial charge is 0.442 e. The van der Waals surface area contributed by atoms with Crippen molar-refractivity contribution in [3.05, 3.63) is 0 Å². The van der Waals surface area contributed by atoms with E-state index in [9.17, 15) is 14.8 Å². The SMILES string of the molecule is CC(C)(C)OC(=O)N(O)[C@@H]1C(=O)NC1(C)C. The molecule has 2 amide bonds. The second kappa shape index (κ2) is 3.62. The molecule has 1 aliphatic rings. The van der Waals surface area contributed by atoms with Crippen LogP contribution in [-0.2, 0) is 9.53 Å². The van der Waals surface area contributed by atoms with Gasteiger partial charge in [0.05, 0.1) is 5.54 Å². The van der Waals surface area contributed by atoms with Gasteiger partial charge in [0.25, 0.3) is 0 Å². The first kappa shape index (κ1) is 12.8. The summed E-state index contributed by atoms with van der Waals surface area (Å²) in [6, 6.07) is -0.901. The number of hydroxylamine groups is 2. The van der Waals surface area contributed by atoms with E-state index < -0.39 is 29.2 Å². The fourth-order valence-corrected chi connectivity index (χ4v) is 1.54. The van der Waals surface area contributed by atoms with E-state index in [1.807, 2.05) is 0 Å². The van der Waals surface area contributed by atoms with Crippen LogP contribution in [0.2, 0.25) is 0 Å². The van der Waals surface area contributed by atoms with E-state index in [-0.39, 0.29) is 0 Å². The van der Waals surface area contributed by atoms with Gasteiger partial charge in [-0.15, -0.1) is 0 Å². The Kier molecular flexibility index (Phi) is 2.89. The fourth-order valence-electron chi connectivity index (χ4n) is 1.54. The minimum atomic E-state index is -0.916. The zero-order valence-electron chi connectivity index (χ0n) is 10.2. The van der Waals surface area contributed by atoms with E-state index in [0.29, 0.717) is 5.06 Å². The molecule has 0 radical (unpaired) electrons. The lowest BCUT2D eigenvalue weighted by Crippen LogP contribution is -2.75. The first-order valence-corrected chi connectivity index (χ1v) is 5.08. The summed E-state index contributed by atoms with van der Waals surface area (Å²) in [4.78, 5) is 22.7. The van der Waals surface area contributed by atoms with Crippen molar-refractivity contribution < 1.29 is 19.5 Å². The number of amides is 2. The number of carbonyl (C=O) groups excluding carboxylic acids is 2. The smallest absolute Gasteiger partial charge is 0.435 e. The Bertz CT molecular complexity index is 319. The summed E-state index contributed by atoms with van der Waals surface area (Å²) in [5, 5.41) is 12.5. The van der Waals surface area contributed by atoms with Crippen molar-refractivity contribution in [2.45, 2.75) is 51.8 Å². The van der Waals surface area contributed by atoms with Crippen LogP contribution in [0.15, 0.2) is 0 Å². The lowest BCUT2D eigenvalue weighted by atomic mass is 9.85. The molecule has 2 N–H and O–H groups in total. The van der Waals surface area contributed by atoms with E-state index in [0.717, 1.165) is 0 Å². The van der Waals surface area contributed by atoms with Crippen LogP contribution in [0.1, 0.15) is 34.6 Å². The third-order valence-corrected chi connectivity index (χ3v) is 2.20. The molecule has 0 aliphatic carbocycles. The molecule has 0 aromatic heterocycles. The van der Waals surface area contributed by atoms with Crippen molar-refractivity contribution >= 4 is 12.0 Å². The van der Waals surface area contributed by atoms with Gasteiger partial charge >= 0.3 is 6.09 Å². The minimum absolute atomic E-state index is 0.351. The first-order valence-electron chi connectivity index (χ1n) is 5.08. The molecular weight excluding hydrogens is 212 g/mol. The van der Waals surface area contributed by atoms with Gasteiger partial charge in [0.15, 0.2) is 6.04 Å². The normalized spacial score (nSPS) is 23.1. The Hall–Kier alpha value is -1.30. The van der Waals surface area contributed by atoms with Crippen LogP contribution in [0.4, 0.5) is 4.79 Å². The van der Waals surface area contributed by atoms with Gasteiger partial charge in [0.1, 0.15) is 5.60 Å². The third-order valence-electron chi connectivity index (χ3n) is 2.20. The minimum Gasteiger partial charge on any atom is -0.442 e. The molecule has 1 atom stereocenters. The Morgan fingerprint density at radius 2 is 2.00 bits per heavy atom. The average molecular weight is 230 g/mol. The highest BCUT2D eigenvalue weighted by Gasteiger charge is 2.52. The molecule has 1 fully saturated rings. The summed E-state index contributed by atoms with van der Waals surface area (Å²) in [5.74, 6) is -0.390. The molecule has 1 aliphatic heterocycles. The van der Waals surface area contributed by atoms with Crippen molar-refractivity contribution in [3.63, 3.8) is 0 Å². The molecule has 0 aromatic carbocycles. The van der Waals surface area contributed by atoms with E-state index in [4.69, 9.17) is 4.74 Å². The number of carbonyl (C=O) groups is 2. The molecule has 1 saturated heterocycles. The number of hydrogen-bond acceptors (Lipinski definition) is 4. The molecular formula is C10H18N2O4. The van der Waals surface area contributed by atoms with E-state index in [1.54, 1.807) is 34.6 Å². The first-order chi connectivity index (χ1) is 7.04. The zero-order chi connectivity index (χ0) is 12.7. The summed E-state index contributed by atoms with van der Waals surface area (Å²) in [6.45, 7) is 8.49. The van der Waals surface area contributed by atoms with E-state index in [2.05, 4.69) is 5.32 Å². The Morgan fingerprint density at radius 1 is 1.50 bits per heavy atom. The Labute approximate surface area is 94.5 Å². The lowest BCUT2D eigenvalue weighted by molar-refractivity contribution is -0.177. The maximum atomic E-state index is 11.5. The third kappa shape index (κ3) is 2.44. The molecule has 0 saturated carbocycles. The molecule has 6 nitrogen and oxygen atoms in total. The second-order valence-electron chi connectivity index (χ2n) is 5.44. The molecule has 1 rings (SSSR count). The number of hydrogen-bond donors (Lipinski definition) is 2. The summed E-state index contributed by atoms with van der Waals surface area (Å²) in [7, 11) is 0. The van der Waals surface area contributed by atoms with E-state index in [1.165, 1.54) is 0 Å². The predicted molar refractivity (Wildman–Crippen MR) is 55.9 cm³/mol. The molecule has 92 valence electrons. The summed E-state index contributed by atoms with van der Waals surface area (Å²) in [5.41, 5.74) is -1.34. The quantitative estimate of drug-likeness (QED) is 0.398. The topological polar surface area (TPSA) is 78.9 Å². The molecule has 1 heterocycles. The number of ether oxygens (including phenoxy) is 1. The monoisotopic (exact) mass is 230 g/mol. The number of rotatable bonds is 1.